The molecule has 1 aliphatic heterocycles. The standard InChI is InChI=1S/C16H24N2O2/c1-12-4-5-15(13(2)10-12)20-9-6-16(19)18-8-7-17-11-14(18)3/h4-5,10,14,17H,6-9,11H2,1-3H3. The molecular weight excluding hydrogens is 252 g/mol. The van der Waals surface area contributed by atoms with Crippen LogP contribution in [0.1, 0.15) is 24.5 Å². The lowest BCUT2D eigenvalue weighted by atomic mass is 10.1. The van der Waals surface area contributed by atoms with E-state index < -0.39 is 0 Å². The van der Waals surface area contributed by atoms with Crippen LogP contribution in [0.4, 0.5) is 0 Å². The molecule has 1 unspecified atom stereocenters. The van der Waals surface area contributed by atoms with Crippen molar-refractivity contribution in [3.63, 3.8) is 0 Å². The summed E-state index contributed by atoms with van der Waals surface area (Å²) in [5, 5.41) is 3.29. The van der Waals surface area contributed by atoms with Gasteiger partial charge in [-0.3, -0.25) is 4.79 Å². The molecule has 110 valence electrons. The Bertz CT molecular complexity index is 474. The highest BCUT2D eigenvalue weighted by Gasteiger charge is 2.22. The molecule has 1 aromatic carbocycles. The fourth-order valence-corrected chi connectivity index (χ4v) is 2.56. The smallest absolute Gasteiger partial charge is 0.226 e. The Morgan fingerprint density at radius 1 is 1.45 bits per heavy atom. The number of piperazine rings is 1. The normalized spacial score (nSPS) is 18.9. The lowest BCUT2D eigenvalue weighted by Crippen LogP contribution is -2.52. The number of benzene rings is 1. The zero-order valence-corrected chi connectivity index (χ0v) is 12.6. The zero-order chi connectivity index (χ0) is 14.5. The van der Waals surface area contributed by atoms with E-state index in [1.807, 2.05) is 24.0 Å². The zero-order valence-electron chi connectivity index (χ0n) is 12.6. The van der Waals surface area contributed by atoms with Crippen molar-refractivity contribution in [3.05, 3.63) is 29.3 Å². The number of nitrogens with zero attached hydrogens (tertiary/aromatic N) is 1. The molecule has 0 aliphatic carbocycles. The number of ether oxygens (including phenoxy) is 1. The molecule has 0 radical (unpaired) electrons. The summed E-state index contributed by atoms with van der Waals surface area (Å²) in [5.74, 6) is 1.06. The monoisotopic (exact) mass is 276 g/mol. The van der Waals surface area contributed by atoms with Gasteiger partial charge in [0.15, 0.2) is 0 Å². The Balaban J connectivity index is 1.81. The Hall–Kier alpha value is -1.55. The van der Waals surface area contributed by atoms with Gasteiger partial charge in [-0.15, -0.1) is 0 Å². The maximum absolute atomic E-state index is 12.2. The Labute approximate surface area is 121 Å². The van der Waals surface area contributed by atoms with Crippen LogP contribution in [-0.2, 0) is 4.79 Å². The van der Waals surface area contributed by atoms with E-state index in [9.17, 15) is 4.79 Å². The third-order valence-corrected chi connectivity index (χ3v) is 3.73. The van der Waals surface area contributed by atoms with Gasteiger partial charge in [0, 0.05) is 25.7 Å². The fraction of sp³-hybridized carbons (Fsp3) is 0.562. The van der Waals surface area contributed by atoms with Crippen molar-refractivity contribution in [1.82, 2.24) is 10.2 Å². The molecule has 0 aromatic heterocycles. The molecule has 4 heteroatoms. The van der Waals surface area contributed by atoms with Gasteiger partial charge in [-0.05, 0) is 32.4 Å². The minimum absolute atomic E-state index is 0.184. The summed E-state index contributed by atoms with van der Waals surface area (Å²) in [5.41, 5.74) is 2.34. The summed E-state index contributed by atoms with van der Waals surface area (Å²) in [6.07, 6.45) is 0.442. The first-order chi connectivity index (χ1) is 9.58. The second-order valence-electron chi connectivity index (χ2n) is 5.51. The number of rotatable bonds is 4. The van der Waals surface area contributed by atoms with Gasteiger partial charge in [0.05, 0.1) is 13.0 Å². The van der Waals surface area contributed by atoms with Gasteiger partial charge >= 0.3 is 0 Å². The molecule has 1 N–H and O–H groups in total. The summed E-state index contributed by atoms with van der Waals surface area (Å²) in [7, 11) is 0. The van der Waals surface area contributed by atoms with Crippen molar-refractivity contribution in [2.75, 3.05) is 26.2 Å². The lowest BCUT2D eigenvalue weighted by Gasteiger charge is -2.34. The Morgan fingerprint density at radius 2 is 2.25 bits per heavy atom. The van der Waals surface area contributed by atoms with Crippen molar-refractivity contribution in [2.45, 2.75) is 33.2 Å². The van der Waals surface area contributed by atoms with E-state index in [1.165, 1.54) is 5.56 Å². The molecule has 2 rings (SSSR count). The van der Waals surface area contributed by atoms with Crippen molar-refractivity contribution in [2.24, 2.45) is 0 Å². The molecule has 1 fully saturated rings. The molecule has 4 nitrogen and oxygen atoms in total. The second-order valence-corrected chi connectivity index (χ2v) is 5.51. The van der Waals surface area contributed by atoms with Crippen LogP contribution in [0.3, 0.4) is 0 Å². The van der Waals surface area contributed by atoms with Gasteiger partial charge in [0.25, 0.3) is 0 Å². The summed E-state index contributed by atoms with van der Waals surface area (Å²) < 4.78 is 5.73. The molecule has 1 amide bonds. The van der Waals surface area contributed by atoms with Crippen molar-refractivity contribution < 1.29 is 9.53 Å². The summed E-state index contributed by atoms with van der Waals surface area (Å²) in [6.45, 7) is 9.17. The highest BCUT2D eigenvalue weighted by atomic mass is 16.5. The Kier molecular flexibility index (Phi) is 5.01. The van der Waals surface area contributed by atoms with Crippen LogP contribution in [0, 0.1) is 13.8 Å². The highest BCUT2D eigenvalue weighted by molar-refractivity contribution is 5.76. The van der Waals surface area contributed by atoms with E-state index in [0.29, 0.717) is 13.0 Å². The van der Waals surface area contributed by atoms with Crippen molar-refractivity contribution in [3.8, 4) is 5.75 Å². The largest absolute Gasteiger partial charge is 0.493 e. The van der Waals surface area contributed by atoms with Crippen LogP contribution < -0.4 is 10.1 Å². The maximum Gasteiger partial charge on any atom is 0.226 e. The number of nitrogens with one attached hydrogen (secondary N) is 1. The SMILES string of the molecule is Cc1ccc(OCCC(=O)N2CCNCC2C)c(C)c1. The molecular formula is C16H24N2O2. The molecule has 0 saturated carbocycles. The Morgan fingerprint density at radius 3 is 2.95 bits per heavy atom. The van der Waals surface area contributed by atoms with Crippen LogP contribution in [0.25, 0.3) is 0 Å². The summed E-state index contributed by atoms with van der Waals surface area (Å²) in [6, 6.07) is 6.37. The third-order valence-electron chi connectivity index (χ3n) is 3.73. The summed E-state index contributed by atoms with van der Waals surface area (Å²) >= 11 is 0. The van der Waals surface area contributed by atoms with E-state index >= 15 is 0 Å². The van der Waals surface area contributed by atoms with Crippen LogP contribution >= 0.6 is 0 Å². The minimum Gasteiger partial charge on any atom is -0.493 e. The second kappa shape index (κ2) is 6.75. The lowest BCUT2D eigenvalue weighted by molar-refractivity contribution is -0.134. The third kappa shape index (κ3) is 3.73. The number of carbonyl (C=O) groups excluding carboxylic acids is 1. The molecule has 0 spiro atoms. The average molecular weight is 276 g/mol. The first-order valence-electron chi connectivity index (χ1n) is 7.28. The van der Waals surface area contributed by atoms with Crippen molar-refractivity contribution >= 4 is 5.91 Å². The predicted octanol–water partition coefficient (Wildman–Crippen LogP) is 1.89. The van der Waals surface area contributed by atoms with Gasteiger partial charge in [0.1, 0.15) is 5.75 Å². The molecule has 1 saturated heterocycles. The number of carbonyl (C=O) groups is 1. The van der Waals surface area contributed by atoms with Crippen LogP contribution in [0.15, 0.2) is 18.2 Å². The van der Waals surface area contributed by atoms with Crippen LogP contribution in [0.5, 0.6) is 5.75 Å². The van der Waals surface area contributed by atoms with E-state index in [4.69, 9.17) is 4.74 Å². The van der Waals surface area contributed by atoms with E-state index in [1.54, 1.807) is 0 Å². The minimum atomic E-state index is 0.184. The molecule has 20 heavy (non-hydrogen) atoms. The average Bonchev–Trinajstić information content (AvgIpc) is 2.41. The van der Waals surface area contributed by atoms with Crippen LogP contribution in [-0.4, -0.2) is 43.1 Å². The topological polar surface area (TPSA) is 41.6 Å². The molecule has 0 bridgehead atoms. The van der Waals surface area contributed by atoms with Gasteiger partial charge in [0.2, 0.25) is 5.91 Å². The van der Waals surface area contributed by atoms with E-state index in [0.717, 1.165) is 30.9 Å². The van der Waals surface area contributed by atoms with Gasteiger partial charge in [-0.1, -0.05) is 17.7 Å². The molecule has 1 atom stereocenters. The predicted molar refractivity (Wildman–Crippen MR) is 80.1 cm³/mol. The number of aryl methyl sites for hydroxylation is 2. The molecule has 1 heterocycles. The number of hydrogen-bond acceptors (Lipinski definition) is 3. The molecule has 1 aliphatic rings. The number of amides is 1. The first kappa shape index (κ1) is 14.9. The molecule has 1 aromatic rings. The fourth-order valence-electron chi connectivity index (χ4n) is 2.56. The van der Waals surface area contributed by atoms with E-state index in [2.05, 4.69) is 25.2 Å². The first-order valence-corrected chi connectivity index (χ1v) is 7.28. The van der Waals surface area contributed by atoms with E-state index in [-0.39, 0.29) is 11.9 Å². The van der Waals surface area contributed by atoms with Crippen LogP contribution in [0.2, 0.25) is 0 Å². The maximum atomic E-state index is 12.2. The van der Waals surface area contributed by atoms with Gasteiger partial charge in [-0.2, -0.15) is 0 Å². The number of hydrogen-bond donors (Lipinski definition) is 1. The van der Waals surface area contributed by atoms with Crippen molar-refractivity contribution in [1.29, 1.82) is 0 Å². The van der Waals surface area contributed by atoms with Gasteiger partial charge < -0.3 is 15.0 Å². The summed E-state index contributed by atoms with van der Waals surface area (Å²) in [4.78, 5) is 14.1. The highest BCUT2D eigenvalue weighted by Crippen LogP contribution is 2.19. The quantitative estimate of drug-likeness (QED) is 0.913. The van der Waals surface area contributed by atoms with Gasteiger partial charge in [-0.25, -0.2) is 0 Å².